The first kappa shape index (κ1) is 14.0. The summed E-state index contributed by atoms with van der Waals surface area (Å²) >= 11 is 0. The number of fused-ring (bicyclic) bond motifs is 1. The van der Waals surface area contributed by atoms with Crippen LogP contribution in [0.2, 0.25) is 0 Å². The largest absolute Gasteiger partial charge is 0.484 e. The van der Waals surface area contributed by atoms with Gasteiger partial charge in [0.1, 0.15) is 5.75 Å². The summed E-state index contributed by atoms with van der Waals surface area (Å²) in [5, 5.41) is 2.79. The zero-order chi connectivity index (χ0) is 15.4. The Morgan fingerprint density at radius 1 is 1.09 bits per heavy atom. The minimum Gasteiger partial charge on any atom is -0.484 e. The number of carbonyl (C=O) groups is 1. The van der Waals surface area contributed by atoms with Gasteiger partial charge in [0, 0.05) is 18.1 Å². The fraction of sp³-hybridized carbons (Fsp3) is 0.118. The number of hydrogen-bond acceptors (Lipinski definition) is 4. The molecule has 0 fully saturated rings. The lowest BCUT2D eigenvalue weighted by atomic mass is 10.2. The third-order valence-electron chi connectivity index (χ3n) is 3.11. The monoisotopic (exact) mass is 293 g/mol. The summed E-state index contributed by atoms with van der Waals surface area (Å²) in [5.41, 5.74) is 3.29. The Labute approximate surface area is 128 Å². The van der Waals surface area contributed by atoms with E-state index in [0.29, 0.717) is 11.4 Å². The maximum Gasteiger partial charge on any atom is 0.262 e. The normalized spacial score (nSPS) is 10.4. The van der Waals surface area contributed by atoms with Gasteiger partial charge in [0.2, 0.25) is 0 Å². The standard InChI is InChI=1S/C17H15N3O2/c1-12-3-2-4-14(9-12)22-11-17(21)20-13-5-6-15-16(10-13)19-8-7-18-15/h2-10H,11H2,1H3,(H,20,21). The summed E-state index contributed by atoms with van der Waals surface area (Å²) < 4.78 is 5.47. The van der Waals surface area contributed by atoms with Gasteiger partial charge in [0.25, 0.3) is 5.91 Å². The van der Waals surface area contributed by atoms with Crippen LogP contribution in [0.5, 0.6) is 5.75 Å². The van der Waals surface area contributed by atoms with Crippen LogP contribution in [0.4, 0.5) is 5.69 Å². The van der Waals surface area contributed by atoms with Gasteiger partial charge in [-0.25, -0.2) is 0 Å². The van der Waals surface area contributed by atoms with E-state index in [4.69, 9.17) is 4.74 Å². The van der Waals surface area contributed by atoms with Crippen molar-refractivity contribution in [3.05, 3.63) is 60.4 Å². The maximum absolute atomic E-state index is 11.9. The van der Waals surface area contributed by atoms with Crippen molar-refractivity contribution < 1.29 is 9.53 Å². The van der Waals surface area contributed by atoms with Crippen molar-refractivity contribution in [3.8, 4) is 5.75 Å². The molecule has 0 saturated carbocycles. The number of aromatic nitrogens is 2. The van der Waals surface area contributed by atoms with Crippen LogP contribution in [0.25, 0.3) is 11.0 Å². The second-order valence-corrected chi connectivity index (χ2v) is 4.91. The van der Waals surface area contributed by atoms with Crippen LogP contribution in [0.15, 0.2) is 54.9 Å². The zero-order valence-electron chi connectivity index (χ0n) is 12.1. The van der Waals surface area contributed by atoms with E-state index in [2.05, 4.69) is 15.3 Å². The van der Waals surface area contributed by atoms with E-state index in [1.807, 2.05) is 37.3 Å². The predicted molar refractivity (Wildman–Crippen MR) is 84.8 cm³/mol. The molecular formula is C17H15N3O2. The number of hydrogen-bond donors (Lipinski definition) is 1. The van der Waals surface area contributed by atoms with Crippen molar-refractivity contribution in [2.75, 3.05) is 11.9 Å². The van der Waals surface area contributed by atoms with Crippen molar-refractivity contribution in [1.29, 1.82) is 0 Å². The van der Waals surface area contributed by atoms with Gasteiger partial charge < -0.3 is 10.1 Å². The van der Waals surface area contributed by atoms with Crippen LogP contribution in [0.1, 0.15) is 5.56 Å². The Kier molecular flexibility index (Phi) is 3.96. The molecule has 0 saturated heterocycles. The Bertz CT molecular complexity index is 818. The molecule has 1 amide bonds. The summed E-state index contributed by atoms with van der Waals surface area (Å²) in [6.07, 6.45) is 3.26. The highest BCUT2D eigenvalue weighted by molar-refractivity contribution is 5.93. The van der Waals surface area contributed by atoms with E-state index in [1.54, 1.807) is 24.5 Å². The number of rotatable bonds is 4. The fourth-order valence-corrected chi connectivity index (χ4v) is 2.09. The molecule has 1 heterocycles. The molecule has 0 unspecified atom stereocenters. The van der Waals surface area contributed by atoms with E-state index in [9.17, 15) is 4.79 Å². The van der Waals surface area contributed by atoms with Crippen LogP contribution in [0.3, 0.4) is 0 Å². The highest BCUT2D eigenvalue weighted by atomic mass is 16.5. The predicted octanol–water partition coefficient (Wildman–Crippen LogP) is 2.96. The third-order valence-corrected chi connectivity index (χ3v) is 3.11. The van der Waals surface area contributed by atoms with Gasteiger partial charge in [0.05, 0.1) is 11.0 Å². The van der Waals surface area contributed by atoms with Gasteiger partial charge in [-0.2, -0.15) is 0 Å². The molecule has 0 aliphatic heterocycles. The topological polar surface area (TPSA) is 64.1 Å². The number of nitrogens with one attached hydrogen (secondary N) is 1. The number of anilines is 1. The smallest absolute Gasteiger partial charge is 0.262 e. The van der Waals surface area contributed by atoms with E-state index >= 15 is 0 Å². The molecule has 0 spiro atoms. The van der Waals surface area contributed by atoms with E-state index in [1.165, 1.54) is 0 Å². The molecule has 0 aliphatic carbocycles. The van der Waals surface area contributed by atoms with Gasteiger partial charge in [-0.05, 0) is 42.8 Å². The van der Waals surface area contributed by atoms with Crippen LogP contribution in [-0.2, 0) is 4.79 Å². The summed E-state index contributed by atoms with van der Waals surface area (Å²) in [4.78, 5) is 20.3. The Morgan fingerprint density at radius 3 is 2.73 bits per heavy atom. The lowest BCUT2D eigenvalue weighted by molar-refractivity contribution is -0.118. The molecule has 3 aromatic rings. The molecule has 0 atom stereocenters. The van der Waals surface area contributed by atoms with Crippen LogP contribution >= 0.6 is 0 Å². The highest BCUT2D eigenvalue weighted by Crippen LogP contribution is 2.15. The first-order chi connectivity index (χ1) is 10.7. The number of amides is 1. The number of benzene rings is 2. The van der Waals surface area contributed by atoms with Crippen molar-refractivity contribution in [2.45, 2.75) is 6.92 Å². The molecule has 5 nitrogen and oxygen atoms in total. The van der Waals surface area contributed by atoms with Crippen LogP contribution < -0.4 is 10.1 Å². The summed E-state index contributed by atoms with van der Waals surface area (Å²) in [5.74, 6) is 0.462. The fourth-order valence-electron chi connectivity index (χ4n) is 2.09. The molecule has 0 bridgehead atoms. The second kappa shape index (κ2) is 6.22. The van der Waals surface area contributed by atoms with Crippen LogP contribution in [-0.4, -0.2) is 22.5 Å². The number of carbonyl (C=O) groups excluding carboxylic acids is 1. The Morgan fingerprint density at radius 2 is 1.91 bits per heavy atom. The minimum absolute atomic E-state index is 0.0397. The average molecular weight is 293 g/mol. The van der Waals surface area contributed by atoms with Gasteiger partial charge in [-0.1, -0.05) is 12.1 Å². The van der Waals surface area contributed by atoms with Gasteiger partial charge >= 0.3 is 0 Å². The Balaban J connectivity index is 1.63. The van der Waals surface area contributed by atoms with E-state index in [-0.39, 0.29) is 12.5 Å². The summed E-state index contributed by atoms with van der Waals surface area (Å²) in [6.45, 7) is 1.94. The Hall–Kier alpha value is -2.95. The van der Waals surface area contributed by atoms with Crippen molar-refractivity contribution >= 4 is 22.6 Å². The average Bonchev–Trinajstić information content (AvgIpc) is 2.53. The molecule has 1 aromatic heterocycles. The molecule has 3 rings (SSSR count). The lowest BCUT2D eigenvalue weighted by Crippen LogP contribution is -2.20. The van der Waals surface area contributed by atoms with Crippen molar-refractivity contribution in [1.82, 2.24) is 9.97 Å². The third kappa shape index (κ3) is 3.38. The molecule has 0 aliphatic rings. The van der Waals surface area contributed by atoms with Crippen molar-refractivity contribution in [3.63, 3.8) is 0 Å². The molecule has 0 radical (unpaired) electrons. The summed E-state index contributed by atoms with van der Waals surface area (Å²) in [7, 11) is 0. The minimum atomic E-state index is -0.218. The zero-order valence-corrected chi connectivity index (χ0v) is 12.1. The number of ether oxygens (including phenoxy) is 1. The first-order valence-electron chi connectivity index (χ1n) is 6.91. The molecular weight excluding hydrogens is 278 g/mol. The van der Waals surface area contributed by atoms with Crippen LogP contribution in [0, 0.1) is 6.92 Å². The van der Waals surface area contributed by atoms with Gasteiger partial charge in [-0.3, -0.25) is 14.8 Å². The van der Waals surface area contributed by atoms with E-state index in [0.717, 1.165) is 16.6 Å². The lowest BCUT2D eigenvalue weighted by Gasteiger charge is -2.08. The summed E-state index contributed by atoms with van der Waals surface area (Å²) in [6, 6.07) is 13.0. The molecule has 1 N–H and O–H groups in total. The molecule has 110 valence electrons. The molecule has 5 heteroatoms. The SMILES string of the molecule is Cc1cccc(OCC(=O)Nc2ccc3nccnc3c2)c1. The molecule has 22 heavy (non-hydrogen) atoms. The number of aryl methyl sites for hydroxylation is 1. The number of nitrogens with zero attached hydrogens (tertiary/aromatic N) is 2. The quantitative estimate of drug-likeness (QED) is 0.803. The second-order valence-electron chi connectivity index (χ2n) is 4.91. The van der Waals surface area contributed by atoms with Gasteiger partial charge in [-0.15, -0.1) is 0 Å². The maximum atomic E-state index is 11.9. The van der Waals surface area contributed by atoms with Gasteiger partial charge in [0.15, 0.2) is 6.61 Å². The highest BCUT2D eigenvalue weighted by Gasteiger charge is 2.05. The molecule has 2 aromatic carbocycles. The van der Waals surface area contributed by atoms with Crippen molar-refractivity contribution in [2.24, 2.45) is 0 Å². The first-order valence-corrected chi connectivity index (χ1v) is 6.91. The van der Waals surface area contributed by atoms with E-state index < -0.39 is 0 Å².